The van der Waals surface area contributed by atoms with E-state index in [0.29, 0.717) is 35.7 Å². The van der Waals surface area contributed by atoms with Gasteiger partial charge in [-0.3, -0.25) is 14.0 Å². The number of benzene rings is 2. The van der Waals surface area contributed by atoms with Crippen molar-refractivity contribution in [3.8, 4) is 16.9 Å². The summed E-state index contributed by atoms with van der Waals surface area (Å²) in [5.41, 5.74) is 6.23. The number of hydrogen-bond donors (Lipinski definition) is 2. The highest BCUT2D eigenvalue weighted by Crippen LogP contribution is 2.35. The van der Waals surface area contributed by atoms with Gasteiger partial charge < -0.3 is 15.4 Å². The summed E-state index contributed by atoms with van der Waals surface area (Å²) in [4.78, 5) is 32.7. The number of nitrogens with zero attached hydrogens (tertiary/aromatic N) is 4. The fraction of sp³-hybridized carbons (Fsp3) is 0.333. The van der Waals surface area contributed by atoms with Crippen molar-refractivity contribution in [2.75, 3.05) is 17.7 Å². The van der Waals surface area contributed by atoms with Crippen LogP contribution in [-0.2, 0) is 18.5 Å². The summed E-state index contributed by atoms with van der Waals surface area (Å²) < 4.78 is 9.11. The summed E-state index contributed by atoms with van der Waals surface area (Å²) in [5.74, 6) is 0.643. The molecule has 0 saturated carbocycles. The first-order chi connectivity index (χ1) is 21.5. The van der Waals surface area contributed by atoms with E-state index in [1.807, 2.05) is 67.1 Å². The molecule has 2 aromatic carbocycles. The Morgan fingerprint density at radius 2 is 1.80 bits per heavy atom. The lowest BCUT2D eigenvalue weighted by atomic mass is 9.85. The van der Waals surface area contributed by atoms with E-state index in [1.165, 1.54) is 0 Å². The van der Waals surface area contributed by atoms with Crippen LogP contribution in [0.3, 0.4) is 0 Å². The highest BCUT2D eigenvalue weighted by atomic mass is 16.5. The zero-order valence-electron chi connectivity index (χ0n) is 27.2. The van der Waals surface area contributed by atoms with Gasteiger partial charge in [-0.1, -0.05) is 58.4 Å². The average Bonchev–Trinajstić information content (AvgIpc) is 3.32. The molecule has 0 bridgehead atoms. The van der Waals surface area contributed by atoms with Crippen molar-refractivity contribution in [3.05, 3.63) is 99.7 Å². The third-order valence-corrected chi connectivity index (χ3v) is 7.93. The number of methoxy groups -OCH3 is 1. The van der Waals surface area contributed by atoms with Gasteiger partial charge in [0.25, 0.3) is 5.56 Å². The third-order valence-electron chi connectivity index (χ3n) is 7.93. The quantitative estimate of drug-likeness (QED) is 0.179. The molecule has 0 spiro atoms. The maximum Gasteiger partial charge on any atom is 0.323 e. The topological polar surface area (TPSA) is 103 Å². The van der Waals surface area contributed by atoms with Gasteiger partial charge in [0.05, 0.1) is 19.3 Å². The van der Waals surface area contributed by atoms with E-state index in [2.05, 4.69) is 60.5 Å². The largest absolute Gasteiger partial charge is 0.497 e. The molecule has 9 heteroatoms. The lowest BCUT2D eigenvalue weighted by Crippen LogP contribution is -2.30. The number of anilines is 2. The molecule has 234 valence electrons. The second kappa shape index (κ2) is 13.0. The van der Waals surface area contributed by atoms with E-state index >= 15 is 0 Å². The van der Waals surface area contributed by atoms with Crippen molar-refractivity contribution in [1.29, 1.82) is 0 Å². The van der Waals surface area contributed by atoms with Gasteiger partial charge in [0.1, 0.15) is 17.1 Å². The first-order valence-corrected chi connectivity index (χ1v) is 15.4. The van der Waals surface area contributed by atoms with Crippen LogP contribution in [-0.4, -0.2) is 32.5 Å². The number of nitrogens with one attached hydrogen (secondary N) is 2. The Hall–Kier alpha value is -4.92. The predicted molar refractivity (Wildman–Crippen MR) is 181 cm³/mol. The molecule has 0 atom stereocenters. The molecule has 0 unspecified atom stereocenters. The van der Waals surface area contributed by atoms with Gasteiger partial charge in [0, 0.05) is 35.1 Å². The van der Waals surface area contributed by atoms with Crippen molar-refractivity contribution in [1.82, 2.24) is 19.3 Å². The SMILES string of the molecule is CCCCn1c(=O)c(NC(=O)Nc2cc(Cn3nc(C)cc3C)ccc2C(C)(C)C)c(-c2cccc(OC)c2)c2cccnc21. The summed E-state index contributed by atoms with van der Waals surface area (Å²) in [6, 6.07) is 18.9. The number of carbonyl (C=O) groups excluding carboxylic acids is 1. The van der Waals surface area contributed by atoms with Crippen LogP contribution in [0.25, 0.3) is 22.2 Å². The van der Waals surface area contributed by atoms with Crippen molar-refractivity contribution in [2.24, 2.45) is 0 Å². The minimum atomic E-state index is -0.504. The van der Waals surface area contributed by atoms with Gasteiger partial charge in [-0.25, -0.2) is 9.78 Å². The number of hydrogen-bond acceptors (Lipinski definition) is 5. The fourth-order valence-electron chi connectivity index (χ4n) is 5.72. The van der Waals surface area contributed by atoms with Crippen LogP contribution in [0.2, 0.25) is 0 Å². The Morgan fingerprint density at radius 3 is 2.49 bits per heavy atom. The first-order valence-electron chi connectivity index (χ1n) is 15.4. The highest BCUT2D eigenvalue weighted by molar-refractivity contribution is 6.07. The zero-order chi connectivity index (χ0) is 32.3. The Balaban J connectivity index is 1.60. The number of urea groups is 1. The number of ether oxygens (including phenoxy) is 1. The number of aromatic nitrogens is 4. The van der Waals surface area contributed by atoms with Crippen molar-refractivity contribution in [2.45, 2.75) is 72.9 Å². The van der Waals surface area contributed by atoms with Crippen LogP contribution >= 0.6 is 0 Å². The zero-order valence-corrected chi connectivity index (χ0v) is 27.2. The molecule has 0 aliphatic heterocycles. The molecule has 3 aromatic heterocycles. The van der Waals surface area contributed by atoms with Gasteiger partial charge in [-0.05, 0) is 78.8 Å². The second-order valence-electron chi connectivity index (χ2n) is 12.5. The van der Waals surface area contributed by atoms with E-state index in [9.17, 15) is 9.59 Å². The summed E-state index contributed by atoms with van der Waals surface area (Å²) in [5, 5.41) is 11.4. The molecular weight excluding hydrogens is 564 g/mol. The summed E-state index contributed by atoms with van der Waals surface area (Å²) in [7, 11) is 1.60. The molecule has 5 aromatic rings. The molecule has 5 rings (SSSR count). The Bertz CT molecular complexity index is 1920. The van der Waals surface area contributed by atoms with Crippen LogP contribution in [0, 0.1) is 13.8 Å². The van der Waals surface area contributed by atoms with Crippen LogP contribution in [0.4, 0.5) is 16.2 Å². The second-order valence-corrected chi connectivity index (χ2v) is 12.5. The minimum Gasteiger partial charge on any atom is -0.497 e. The molecule has 0 aliphatic carbocycles. The van der Waals surface area contributed by atoms with Crippen molar-refractivity contribution >= 4 is 28.4 Å². The number of amides is 2. The molecule has 2 amide bonds. The summed E-state index contributed by atoms with van der Waals surface area (Å²) >= 11 is 0. The van der Waals surface area contributed by atoms with Crippen LogP contribution < -0.4 is 20.9 Å². The Labute approximate surface area is 264 Å². The van der Waals surface area contributed by atoms with E-state index in [1.54, 1.807) is 17.9 Å². The summed E-state index contributed by atoms with van der Waals surface area (Å²) in [6.45, 7) is 13.5. The van der Waals surface area contributed by atoms with Crippen LogP contribution in [0.15, 0.2) is 71.7 Å². The van der Waals surface area contributed by atoms with E-state index in [-0.39, 0.29) is 16.7 Å². The molecule has 2 N–H and O–H groups in total. The van der Waals surface area contributed by atoms with E-state index in [0.717, 1.165) is 46.3 Å². The Morgan fingerprint density at radius 1 is 1.00 bits per heavy atom. The standard InChI is InChI=1S/C36H42N6O3/c1-8-9-18-41-33-28(14-11-17-37-33)31(26-12-10-13-27(21-26)45-7)32(34(41)43)39-35(44)38-30-20-25(15-16-29(30)36(4,5)6)22-42-24(3)19-23(2)40-42/h10-17,19-21H,8-9,18,22H2,1-7H3,(H2,38,39,44). The predicted octanol–water partition coefficient (Wildman–Crippen LogP) is 7.68. The first kappa shape index (κ1) is 31.5. The average molecular weight is 607 g/mol. The van der Waals surface area contributed by atoms with Crippen LogP contribution in [0.5, 0.6) is 5.75 Å². The minimum absolute atomic E-state index is 0.188. The maximum absolute atomic E-state index is 14.2. The monoisotopic (exact) mass is 606 g/mol. The molecule has 0 saturated heterocycles. The third kappa shape index (κ3) is 6.77. The normalized spacial score (nSPS) is 11.5. The smallest absolute Gasteiger partial charge is 0.323 e. The van der Waals surface area contributed by atoms with Gasteiger partial charge in [-0.15, -0.1) is 0 Å². The van der Waals surface area contributed by atoms with Gasteiger partial charge in [0.15, 0.2) is 0 Å². The summed E-state index contributed by atoms with van der Waals surface area (Å²) in [6.07, 6.45) is 3.39. The molecule has 45 heavy (non-hydrogen) atoms. The van der Waals surface area contributed by atoms with Crippen molar-refractivity contribution < 1.29 is 9.53 Å². The molecule has 0 aliphatic rings. The fourth-order valence-corrected chi connectivity index (χ4v) is 5.72. The molecule has 9 nitrogen and oxygen atoms in total. The lowest BCUT2D eigenvalue weighted by Gasteiger charge is -2.24. The Kier molecular flexibility index (Phi) is 9.09. The van der Waals surface area contributed by atoms with Gasteiger partial charge in [-0.2, -0.15) is 5.10 Å². The number of carbonyl (C=O) groups is 1. The molecule has 3 heterocycles. The molecule has 0 fully saturated rings. The molecular formula is C36H42N6O3. The van der Waals surface area contributed by atoms with Crippen LogP contribution in [0.1, 0.15) is 63.1 Å². The highest BCUT2D eigenvalue weighted by Gasteiger charge is 2.23. The van der Waals surface area contributed by atoms with E-state index < -0.39 is 6.03 Å². The van der Waals surface area contributed by atoms with Gasteiger partial charge in [0.2, 0.25) is 0 Å². The van der Waals surface area contributed by atoms with Crippen molar-refractivity contribution in [3.63, 3.8) is 0 Å². The van der Waals surface area contributed by atoms with Gasteiger partial charge >= 0.3 is 6.03 Å². The number of rotatable bonds is 9. The number of aryl methyl sites for hydroxylation is 3. The molecule has 0 radical (unpaired) electrons. The number of unbranched alkanes of at least 4 members (excludes halogenated alkanes) is 1. The lowest BCUT2D eigenvalue weighted by molar-refractivity contribution is 0.262. The number of pyridine rings is 2. The van der Waals surface area contributed by atoms with E-state index in [4.69, 9.17) is 4.74 Å². The number of fused-ring (bicyclic) bond motifs is 1. The maximum atomic E-state index is 14.2.